The van der Waals surface area contributed by atoms with Crippen LogP contribution in [0, 0.1) is 27.7 Å². The van der Waals surface area contributed by atoms with Crippen molar-refractivity contribution in [2.45, 2.75) is 32.6 Å². The fourth-order valence-corrected chi connectivity index (χ4v) is 6.30. The third kappa shape index (κ3) is 3.43. The summed E-state index contributed by atoms with van der Waals surface area (Å²) in [6, 6.07) is 5.74. The van der Waals surface area contributed by atoms with Crippen molar-refractivity contribution in [3.05, 3.63) is 50.7 Å². The Morgan fingerprint density at radius 2 is 1.54 bits per heavy atom. The summed E-state index contributed by atoms with van der Waals surface area (Å²) in [5, 5.41) is 1.91. The molecule has 2 heterocycles. The molecule has 0 saturated carbocycles. The summed E-state index contributed by atoms with van der Waals surface area (Å²) in [6.45, 7) is 9.05. The Hall–Kier alpha value is -1.70. The highest BCUT2D eigenvalue weighted by atomic mass is 32.2. The van der Waals surface area contributed by atoms with Gasteiger partial charge in [-0.2, -0.15) is 4.31 Å². The van der Waals surface area contributed by atoms with Gasteiger partial charge in [-0.15, -0.1) is 11.3 Å². The highest BCUT2D eigenvalue weighted by Gasteiger charge is 2.32. The highest BCUT2D eigenvalue weighted by molar-refractivity contribution is 7.89. The molecule has 26 heavy (non-hydrogen) atoms. The largest absolute Gasteiger partial charge is 0.335 e. The SMILES string of the molecule is Cc1cc(C)c(S(=O)(=O)N2CCN(C(=O)c3sccc3C)CC2)c(C)c1. The Kier molecular flexibility index (Phi) is 5.23. The van der Waals surface area contributed by atoms with Crippen molar-refractivity contribution in [1.82, 2.24) is 9.21 Å². The van der Waals surface area contributed by atoms with Crippen LogP contribution in [0.15, 0.2) is 28.5 Å². The van der Waals surface area contributed by atoms with Crippen LogP contribution in [0.1, 0.15) is 31.9 Å². The van der Waals surface area contributed by atoms with Crippen molar-refractivity contribution >= 4 is 27.3 Å². The molecule has 140 valence electrons. The van der Waals surface area contributed by atoms with Crippen LogP contribution in [0.2, 0.25) is 0 Å². The molecular formula is C19H24N2O3S2. The molecule has 0 bridgehead atoms. The van der Waals surface area contributed by atoms with Gasteiger partial charge in [0, 0.05) is 26.2 Å². The van der Waals surface area contributed by atoms with Gasteiger partial charge in [0.25, 0.3) is 5.91 Å². The molecule has 0 radical (unpaired) electrons. The Morgan fingerprint density at radius 1 is 0.962 bits per heavy atom. The van der Waals surface area contributed by atoms with Crippen LogP contribution in [0.5, 0.6) is 0 Å². The van der Waals surface area contributed by atoms with Gasteiger partial charge in [0.15, 0.2) is 0 Å². The van der Waals surface area contributed by atoms with Crippen molar-refractivity contribution in [3.63, 3.8) is 0 Å². The molecule has 1 aliphatic heterocycles. The molecule has 0 unspecified atom stereocenters. The second-order valence-electron chi connectivity index (χ2n) is 6.86. The number of amides is 1. The number of nitrogens with zero attached hydrogens (tertiary/aromatic N) is 2. The van der Waals surface area contributed by atoms with Crippen LogP contribution in [0.3, 0.4) is 0 Å². The van der Waals surface area contributed by atoms with E-state index in [0.717, 1.165) is 27.1 Å². The first-order valence-corrected chi connectivity index (χ1v) is 10.9. The number of rotatable bonds is 3. The third-order valence-corrected chi connectivity index (χ3v) is 7.99. The molecule has 0 spiro atoms. The molecule has 1 fully saturated rings. The number of hydrogen-bond donors (Lipinski definition) is 0. The minimum Gasteiger partial charge on any atom is -0.335 e. The number of piperazine rings is 1. The van der Waals surface area contributed by atoms with Crippen molar-refractivity contribution in [3.8, 4) is 0 Å². The van der Waals surface area contributed by atoms with Crippen molar-refractivity contribution in [1.29, 1.82) is 0 Å². The molecule has 1 amide bonds. The second-order valence-corrected chi connectivity index (χ2v) is 9.65. The van der Waals surface area contributed by atoms with E-state index >= 15 is 0 Å². The fraction of sp³-hybridized carbons (Fsp3) is 0.421. The van der Waals surface area contributed by atoms with E-state index in [0.29, 0.717) is 31.1 Å². The van der Waals surface area contributed by atoms with Crippen molar-refractivity contribution in [2.24, 2.45) is 0 Å². The van der Waals surface area contributed by atoms with E-state index in [-0.39, 0.29) is 5.91 Å². The van der Waals surface area contributed by atoms with Crippen LogP contribution in [0.4, 0.5) is 0 Å². The van der Waals surface area contributed by atoms with E-state index in [9.17, 15) is 13.2 Å². The highest BCUT2D eigenvalue weighted by Crippen LogP contribution is 2.26. The monoisotopic (exact) mass is 392 g/mol. The zero-order valence-electron chi connectivity index (χ0n) is 15.6. The van der Waals surface area contributed by atoms with E-state index in [1.54, 1.807) is 4.90 Å². The van der Waals surface area contributed by atoms with Crippen LogP contribution >= 0.6 is 11.3 Å². The maximum Gasteiger partial charge on any atom is 0.264 e. The summed E-state index contributed by atoms with van der Waals surface area (Å²) in [4.78, 5) is 15.5. The summed E-state index contributed by atoms with van der Waals surface area (Å²) in [7, 11) is -3.55. The van der Waals surface area contributed by atoms with E-state index in [2.05, 4.69) is 0 Å². The minimum atomic E-state index is -3.55. The maximum absolute atomic E-state index is 13.1. The first kappa shape index (κ1) is 19.1. The van der Waals surface area contributed by atoms with Crippen LogP contribution in [0.25, 0.3) is 0 Å². The standard InChI is InChI=1S/C19H24N2O3S2/c1-13-11-15(3)18(16(4)12-13)26(23,24)21-8-6-20(7-9-21)19(22)17-14(2)5-10-25-17/h5,10-12H,6-9H2,1-4H3. The van der Waals surface area contributed by atoms with Gasteiger partial charge in [-0.1, -0.05) is 17.7 Å². The van der Waals surface area contributed by atoms with Crippen LogP contribution < -0.4 is 0 Å². The second kappa shape index (κ2) is 7.13. The van der Waals surface area contributed by atoms with E-state index in [1.807, 2.05) is 51.3 Å². The van der Waals surface area contributed by atoms with Gasteiger partial charge in [-0.25, -0.2) is 8.42 Å². The summed E-state index contributed by atoms with van der Waals surface area (Å²) in [5.74, 6) is -0.00255. The van der Waals surface area contributed by atoms with Gasteiger partial charge in [0.05, 0.1) is 9.77 Å². The van der Waals surface area contributed by atoms with Gasteiger partial charge in [-0.05, 0) is 55.8 Å². The number of carbonyl (C=O) groups excluding carboxylic acids is 1. The molecule has 0 atom stereocenters. The molecule has 7 heteroatoms. The van der Waals surface area contributed by atoms with E-state index < -0.39 is 10.0 Å². The number of hydrogen-bond acceptors (Lipinski definition) is 4. The van der Waals surface area contributed by atoms with Crippen molar-refractivity contribution < 1.29 is 13.2 Å². The summed E-state index contributed by atoms with van der Waals surface area (Å²) < 4.78 is 27.8. The lowest BCUT2D eigenvalue weighted by Gasteiger charge is -2.34. The number of aryl methyl sites for hydroxylation is 4. The normalized spacial score (nSPS) is 16.1. The number of benzene rings is 1. The minimum absolute atomic E-state index is 0.00255. The molecule has 5 nitrogen and oxygen atoms in total. The van der Waals surface area contributed by atoms with Gasteiger partial charge >= 0.3 is 0 Å². The lowest BCUT2D eigenvalue weighted by molar-refractivity contribution is 0.0702. The zero-order valence-corrected chi connectivity index (χ0v) is 17.2. The molecule has 1 aromatic carbocycles. The quantitative estimate of drug-likeness (QED) is 0.806. The molecule has 1 saturated heterocycles. The van der Waals surface area contributed by atoms with Crippen LogP contribution in [-0.2, 0) is 10.0 Å². The zero-order chi connectivity index (χ0) is 19.1. The maximum atomic E-state index is 13.1. The molecule has 1 aromatic heterocycles. The number of sulfonamides is 1. The Balaban J connectivity index is 1.77. The predicted molar refractivity (Wildman–Crippen MR) is 104 cm³/mol. The average molecular weight is 393 g/mol. The lowest BCUT2D eigenvalue weighted by atomic mass is 10.1. The van der Waals surface area contributed by atoms with Crippen molar-refractivity contribution in [2.75, 3.05) is 26.2 Å². The summed E-state index contributed by atoms with van der Waals surface area (Å²) in [5.41, 5.74) is 3.58. The van der Waals surface area contributed by atoms with Gasteiger partial charge < -0.3 is 4.90 Å². The topological polar surface area (TPSA) is 57.7 Å². The lowest BCUT2D eigenvalue weighted by Crippen LogP contribution is -2.50. The average Bonchev–Trinajstić information content (AvgIpc) is 2.99. The number of thiophene rings is 1. The molecule has 2 aromatic rings. The van der Waals surface area contributed by atoms with E-state index in [4.69, 9.17) is 0 Å². The Bertz CT molecular complexity index is 916. The predicted octanol–water partition coefficient (Wildman–Crippen LogP) is 3.13. The van der Waals surface area contributed by atoms with E-state index in [1.165, 1.54) is 15.6 Å². The summed E-state index contributed by atoms with van der Waals surface area (Å²) >= 11 is 1.44. The molecular weight excluding hydrogens is 368 g/mol. The molecule has 0 aliphatic carbocycles. The van der Waals surface area contributed by atoms with Gasteiger partial charge in [0.1, 0.15) is 0 Å². The third-order valence-electron chi connectivity index (χ3n) is 4.78. The smallest absolute Gasteiger partial charge is 0.264 e. The molecule has 3 rings (SSSR count). The molecule has 1 aliphatic rings. The fourth-order valence-electron chi connectivity index (χ4n) is 3.57. The van der Waals surface area contributed by atoms with Gasteiger partial charge in [0.2, 0.25) is 10.0 Å². The summed E-state index contributed by atoms with van der Waals surface area (Å²) in [6.07, 6.45) is 0. The first-order valence-electron chi connectivity index (χ1n) is 8.63. The van der Waals surface area contributed by atoms with Gasteiger partial charge in [-0.3, -0.25) is 4.79 Å². The van der Waals surface area contributed by atoms with Crippen LogP contribution in [-0.4, -0.2) is 49.7 Å². The Labute approximate surface area is 159 Å². The Morgan fingerprint density at radius 3 is 2.04 bits per heavy atom. The first-order chi connectivity index (χ1) is 12.2. The number of carbonyl (C=O) groups is 1. The molecule has 0 N–H and O–H groups in total.